The number of phenols is 1. The van der Waals surface area contributed by atoms with Crippen molar-refractivity contribution in [3.05, 3.63) is 29.6 Å². The lowest BCUT2D eigenvalue weighted by Gasteiger charge is -2.19. The highest BCUT2D eigenvalue weighted by Gasteiger charge is 2.35. The summed E-state index contributed by atoms with van der Waals surface area (Å²) in [5.41, 5.74) is 6.05. The molecule has 1 saturated carbocycles. The number of nitrogens with two attached hydrogens (primary N) is 1. The van der Waals surface area contributed by atoms with E-state index in [9.17, 15) is 14.6 Å². The van der Waals surface area contributed by atoms with E-state index in [4.69, 9.17) is 5.73 Å². The SMILES string of the molecule is N[C@H](c1cccc(F)c1O)[C@@H](O)C1CC1. The highest BCUT2D eigenvalue weighted by molar-refractivity contribution is 5.36. The van der Waals surface area contributed by atoms with E-state index in [2.05, 4.69) is 0 Å². The van der Waals surface area contributed by atoms with Crippen molar-refractivity contribution >= 4 is 0 Å². The zero-order chi connectivity index (χ0) is 11.0. The van der Waals surface area contributed by atoms with Gasteiger partial charge in [-0.25, -0.2) is 4.39 Å². The van der Waals surface area contributed by atoms with Crippen LogP contribution in [0.25, 0.3) is 0 Å². The van der Waals surface area contributed by atoms with Gasteiger partial charge in [-0.05, 0) is 24.8 Å². The number of benzene rings is 1. The van der Waals surface area contributed by atoms with Gasteiger partial charge >= 0.3 is 0 Å². The molecule has 1 fully saturated rings. The summed E-state index contributed by atoms with van der Waals surface area (Å²) in [6.45, 7) is 0. The van der Waals surface area contributed by atoms with Gasteiger partial charge in [0.1, 0.15) is 0 Å². The zero-order valence-corrected chi connectivity index (χ0v) is 8.23. The molecular formula is C11H14FNO2. The molecule has 15 heavy (non-hydrogen) atoms. The molecule has 0 saturated heterocycles. The minimum atomic E-state index is -0.715. The second-order valence-corrected chi connectivity index (χ2v) is 4.03. The molecule has 0 spiro atoms. The smallest absolute Gasteiger partial charge is 0.165 e. The quantitative estimate of drug-likeness (QED) is 0.706. The van der Waals surface area contributed by atoms with E-state index in [1.807, 2.05) is 0 Å². The fourth-order valence-corrected chi connectivity index (χ4v) is 1.72. The molecule has 1 aromatic rings. The van der Waals surface area contributed by atoms with E-state index in [0.29, 0.717) is 0 Å². The van der Waals surface area contributed by atoms with Crippen LogP contribution in [0.2, 0.25) is 0 Å². The first-order valence-electron chi connectivity index (χ1n) is 5.02. The highest BCUT2D eigenvalue weighted by atomic mass is 19.1. The first kappa shape index (κ1) is 10.4. The Labute approximate surface area is 87.3 Å². The standard InChI is InChI=1S/C11H14FNO2/c12-8-3-1-2-7(11(8)15)9(13)10(14)6-4-5-6/h1-3,6,9-10,14-15H,4-5,13H2/t9-,10+/m1/s1. The third-order valence-electron chi connectivity index (χ3n) is 2.85. The molecule has 1 aliphatic rings. The zero-order valence-electron chi connectivity index (χ0n) is 8.23. The van der Waals surface area contributed by atoms with Gasteiger partial charge in [-0.1, -0.05) is 12.1 Å². The maximum atomic E-state index is 13.0. The number of aromatic hydroxyl groups is 1. The van der Waals surface area contributed by atoms with Crippen LogP contribution in [0, 0.1) is 11.7 Å². The molecule has 0 aromatic heterocycles. The summed E-state index contributed by atoms with van der Waals surface area (Å²) in [6, 6.07) is 3.46. The van der Waals surface area contributed by atoms with Gasteiger partial charge in [0.2, 0.25) is 0 Å². The van der Waals surface area contributed by atoms with E-state index < -0.39 is 23.7 Å². The van der Waals surface area contributed by atoms with E-state index in [0.717, 1.165) is 18.9 Å². The molecular weight excluding hydrogens is 197 g/mol. The maximum Gasteiger partial charge on any atom is 0.165 e. The summed E-state index contributed by atoms with van der Waals surface area (Å²) in [7, 11) is 0. The van der Waals surface area contributed by atoms with Crippen LogP contribution in [0.1, 0.15) is 24.4 Å². The van der Waals surface area contributed by atoms with Crippen molar-refractivity contribution in [3.63, 3.8) is 0 Å². The number of rotatable bonds is 3. The van der Waals surface area contributed by atoms with Crippen molar-refractivity contribution in [2.75, 3.05) is 0 Å². The van der Waals surface area contributed by atoms with Crippen molar-refractivity contribution in [3.8, 4) is 5.75 Å². The maximum absolute atomic E-state index is 13.0. The second kappa shape index (κ2) is 3.79. The van der Waals surface area contributed by atoms with Crippen LogP contribution in [0.15, 0.2) is 18.2 Å². The fourth-order valence-electron chi connectivity index (χ4n) is 1.72. The van der Waals surface area contributed by atoms with Crippen molar-refractivity contribution in [1.82, 2.24) is 0 Å². The Kier molecular flexibility index (Phi) is 2.63. The monoisotopic (exact) mass is 211 g/mol. The van der Waals surface area contributed by atoms with Gasteiger partial charge in [0.25, 0.3) is 0 Å². The molecule has 1 aromatic carbocycles. The van der Waals surface area contributed by atoms with Crippen LogP contribution in [0.4, 0.5) is 4.39 Å². The fraction of sp³-hybridized carbons (Fsp3) is 0.455. The molecule has 0 amide bonds. The summed E-state index contributed by atoms with van der Waals surface area (Å²) < 4.78 is 13.0. The third-order valence-corrected chi connectivity index (χ3v) is 2.85. The first-order chi connectivity index (χ1) is 7.11. The largest absolute Gasteiger partial charge is 0.505 e. The summed E-state index contributed by atoms with van der Waals surface area (Å²) in [6.07, 6.45) is 1.20. The summed E-state index contributed by atoms with van der Waals surface area (Å²) in [5, 5.41) is 19.2. The predicted octanol–water partition coefficient (Wildman–Crippen LogP) is 1.30. The number of halogens is 1. The van der Waals surface area contributed by atoms with Crippen LogP contribution < -0.4 is 5.73 Å². The predicted molar refractivity (Wildman–Crippen MR) is 53.7 cm³/mol. The molecule has 2 rings (SSSR count). The molecule has 0 unspecified atom stereocenters. The molecule has 3 nitrogen and oxygen atoms in total. The van der Waals surface area contributed by atoms with Crippen molar-refractivity contribution in [2.45, 2.75) is 25.0 Å². The van der Waals surface area contributed by atoms with Crippen molar-refractivity contribution in [1.29, 1.82) is 0 Å². The van der Waals surface area contributed by atoms with Crippen LogP contribution in [-0.4, -0.2) is 16.3 Å². The van der Waals surface area contributed by atoms with Crippen LogP contribution in [0.3, 0.4) is 0 Å². The number of aliphatic hydroxyl groups is 1. The molecule has 4 N–H and O–H groups in total. The molecule has 0 radical (unpaired) electrons. The number of hydrogen-bond donors (Lipinski definition) is 3. The Morgan fingerprint density at radius 3 is 2.67 bits per heavy atom. The van der Waals surface area contributed by atoms with Crippen molar-refractivity contribution in [2.24, 2.45) is 11.7 Å². The van der Waals surface area contributed by atoms with Crippen molar-refractivity contribution < 1.29 is 14.6 Å². The normalized spacial score (nSPS) is 19.9. The summed E-state index contributed by atoms with van der Waals surface area (Å²) >= 11 is 0. The Hall–Kier alpha value is -1.13. The number of phenolic OH excluding ortho intramolecular Hbond substituents is 1. The average molecular weight is 211 g/mol. The van der Waals surface area contributed by atoms with Crippen LogP contribution >= 0.6 is 0 Å². The van der Waals surface area contributed by atoms with E-state index in [-0.39, 0.29) is 11.5 Å². The molecule has 82 valence electrons. The lowest BCUT2D eigenvalue weighted by atomic mass is 9.98. The van der Waals surface area contributed by atoms with Gasteiger partial charge in [-0.2, -0.15) is 0 Å². The van der Waals surface area contributed by atoms with Crippen LogP contribution in [-0.2, 0) is 0 Å². The number of para-hydroxylation sites is 1. The highest BCUT2D eigenvalue weighted by Crippen LogP contribution is 2.39. The molecule has 2 atom stereocenters. The minimum absolute atomic E-state index is 0.197. The molecule has 4 heteroatoms. The Bertz CT molecular complexity index is 366. The van der Waals surface area contributed by atoms with Gasteiger partial charge in [0.15, 0.2) is 11.6 Å². The van der Waals surface area contributed by atoms with Crippen LogP contribution in [0.5, 0.6) is 5.75 Å². The van der Waals surface area contributed by atoms with Gasteiger partial charge < -0.3 is 15.9 Å². The van der Waals surface area contributed by atoms with Gasteiger partial charge in [-0.3, -0.25) is 0 Å². The third kappa shape index (κ3) is 1.96. The van der Waals surface area contributed by atoms with E-state index >= 15 is 0 Å². The lowest BCUT2D eigenvalue weighted by molar-refractivity contribution is 0.121. The average Bonchev–Trinajstić information content (AvgIpc) is 3.03. The molecule has 0 aliphatic heterocycles. The van der Waals surface area contributed by atoms with E-state index in [1.54, 1.807) is 0 Å². The second-order valence-electron chi connectivity index (χ2n) is 4.03. The molecule has 0 bridgehead atoms. The lowest BCUT2D eigenvalue weighted by Crippen LogP contribution is -2.28. The summed E-state index contributed by atoms with van der Waals surface area (Å²) in [5.74, 6) is -0.960. The topological polar surface area (TPSA) is 66.5 Å². The number of hydrogen-bond acceptors (Lipinski definition) is 3. The molecule has 1 aliphatic carbocycles. The molecule has 0 heterocycles. The Balaban J connectivity index is 2.24. The Morgan fingerprint density at radius 1 is 1.40 bits per heavy atom. The van der Waals surface area contributed by atoms with Gasteiger partial charge in [0, 0.05) is 5.56 Å². The van der Waals surface area contributed by atoms with Gasteiger partial charge in [-0.15, -0.1) is 0 Å². The van der Waals surface area contributed by atoms with E-state index in [1.165, 1.54) is 12.1 Å². The van der Waals surface area contributed by atoms with Gasteiger partial charge in [0.05, 0.1) is 12.1 Å². The minimum Gasteiger partial charge on any atom is -0.505 e. The number of aliphatic hydroxyl groups excluding tert-OH is 1. The first-order valence-corrected chi connectivity index (χ1v) is 5.02. The Morgan fingerprint density at radius 2 is 2.07 bits per heavy atom. The summed E-state index contributed by atoms with van der Waals surface area (Å²) in [4.78, 5) is 0.